The van der Waals surface area contributed by atoms with Crippen LogP contribution in [0.2, 0.25) is 0 Å². The lowest BCUT2D eigenvalue weighted by Gasteiger charge is -2.15. The monoisotopic (exact) mass is 636 g/mol. The van der Waals surface area contributed by atoms with E-state index in [0.717, 1.165) is 64.6 Å². The second-order valence-electron chi connectivity index (χ2n) is 11.3. The molecule has 0 saturated heterocycles. The Morgan fingerprint density at radius 3 is 0.396 bits per heavy atom. The molecular formula is C42H36O6. The number of fused-ring (bicyclic) bond motifs is 18. The first kappa shape index (κ1) is 30.8. The summed E-state index contributed by atoms with van der Waals surface area (Å²) in [4.78, 5) is 0. The summed E-state index contributed by atoms with van der Waals surface area (Å²) in [5, 5.41) is 10.6. The van der Waals surface area contributed by atoms with Crippen molar-refractivity contribution in [2.24, 2.45) is 0 Å². The van der Waals surface area contributed by atoms with Crippen LogP contribution in [0.25, 0.3) is 64.6 Å². The lowest BCUT2D eigenvalue weighted by molar-refractivity contribution is 0.417. The van der Waals surface area contributed by atoms with Crippen molar-refractivity contribution in [3.05, 3.63) is 109 Å². The minimum Gasteiger partial charge on any atom is -0.495 e. The Balaban J connectivity index is 1.90. The number of para-hydroxylation sites is 6. The van der Waals surface area contributed by atoms with Gasteiger partial charge in [-0.15, -0.1) is 0 Å². The molecule has 0 fully saturated rings. The molecule has 7 aromatic rings. The minimum absolute atomic E-state index is 0.700. The van der Waals surface area contributed by atoms with Crippen LogP contribution in [0.5, 0.6) is 34.5 Å². The number of hydrogen-bond acceptors (Lipinski definition) is 6. The second-order valence-corrected chi connectivity index (χ2v) is 11.3. The summed E-state index contributed by atoms with van der Waals surface area (Å²) < 4.78 is 37.3. The van der Waals surface area contributed by atoms with Crippen LogP contribution in [0, 0.1) is 0 Å². The fourth-order valence-corrected chi connectivity index (χ4v) is 7.09. The van der Waals surface area contributed by atoms with Gasteiger partial charge in [-0.3, -0.25) is 0 Å². The number of rotatable bonds is 6. The van der Waals surface area contributed by atoms with Crippen molar-refractivity contribution in [1.82, 2.24) is 0 Å². The zero-order chi connectivity index (χ0) is 33.4. The van der Waals surface area contributed by atoms with Crippen LogP contribution in [0.3, 0.4) is 0 Å². The Morgan fingerprint density at radius 2 is 0.312 bits per heavy atom. The zero-order valence-electron chi connectivity index (χ0n) is 27.8. The molecule has 0 aromatic heterocycles. The van der Waals surface area contributed by atoms with E-state index in [0.29, 0.717) is 34.5 Å². The van der Waals surface area contributed by atoms with Crippen LogP contribution in [0.15, 0.2) is 109 Å². The van der Waals surface area contributed by atoms with Gasteiger partial charge in [-0.1, -0.05) is 109 Å². The fourth-order valence-electron chi connectivity index (χ4n) is 7.09. The van der Waals surface area contributed by atoms with Crippen LogP contribution < -0.4 is 28.4 Å². The summed E-state index contributed by atoms with van der Waals surface area (Å²) in [6.45, 7) is 0. The van der Waals surface area contributed by atoms with Gasteiger partial charge in [0.25, 0.3) is 0 Å². The van der Waals surface area contributed by atoms with E-state index in [1.54, 1.807) is 42.7 Å². The summed E-state index contributed by atoms with van der Waals surface area (Å²) in [5.41, 5.74) is 0. The maximum absolute atomic E-state index is 6.21. The Kier molecular flexibility index (Phi) is 8.15. The van der Waals surface area contributed by atoms with Crippen LogP contribution in [0.1, 0.15) is 0 Å². The Hall–Kier alpha value is -5.88. The van der Waals surface area contributed by atoms with Gasteiger partial charge in [-0.05, 0) is 0 Å². The molecule has 0 amide bonds. The van der Waals surface area contributed by atoms with Crippen molar-refractivity contribution in [3.63, 3.8) is 0 Å². The van der Waals surface area contributed by atoms with E-state index in [9.17, 15) is 0 Å². The highest BCUT2D eigenvalue weighted by molar-refractivity contribution is 6.14. The second kappa shape index (κ2) is 12.7. The molecule has 0 aliphatic carbocycles. The van der Waals surface area contributed by atoms with Gasteiger partial charge in [0.05, 0.1) is 42.7 Å². The van der Waals surface area contributed by atoms with E-state index in [-0.39, 0.29) is 0 Å². The molecule has 48 heavy (non-hydrogen) atoms. The van der Waals surface area contributed by atoms with Crippen molar-refractivity contribution in [2.45, 2.75) is 0 Å². The van der Waals surface area contributed by atoms with Gasteiger partial charge in [-0.25, -0.2) is 0 Å². The molecule has 0 aliphatic rings. The highest BCUT2D eigenvalue weighted by Crippen LogP contribution is 2.45. The molecule has 0 saturated carbocycles. The number of hydrogen-bond donors (Lipinski definition) is 0. The molecule has 240 valence electrons. The minimum atomic E-state index is 0.700. The average molecular weight is 637 g/mol. The Labute approximate surface area is 278 Å². The van der Waals surface area contributed by atoms with Gasteiger partial charge in [0.1, 0.15) is 34.5 Å². The zero-order valence-corrected chi connectivity index (χ0v) is 27.8. The van der Waals surface area contributed by atoms with Crippen LogP contribution in [0.4, 0.5) is 0 Å². The number of ether oxygens (including phenoxy) is 6. The summed E-state index contributed by atoms with van der Waals surface area (Å²) in [6.07, 6.45) is 0. The standard InChI is InChI=1S/C42H36O6/c1-43-37-25-13-7-14-26(37)28-16-9-18-30(39(28)45-3)32-20-11-22-34(41(32)47-5)36-24-12-23-35(42(36)48-6)33-21-10-19-31(40(33)46-4)29-17-8-15-27(25)38(29)44-2/h7-24H,1-6H3. The maximum Gasteiger partial charge on any atom is 0.134 e. The third-order valence-electron chi connectivity index (χ3n) is 9.06. The first-order valence-electron chi connectivity index (χ1n) is 15.6. The number of benzene rings is 6. The van der Waals surface area contributed by atoms with Crippen molar-refractivity contribution < 1.29 is 28.4 Å². The molecule has 0 spiro atoms. The van der Waals surface area contributed by atoms with Gasteiger partial charge < -0.3 is 28.4 Å². The smallest absolute Gasteiger partial charge is 0.134 e. The third-order valence-corrected chi connectivity index (χ3v) is 9.06. The summed E-state index contributed by atoms with van der Waals surface area (Å²) in [6, 6.07) is 36.8. The first-order chi connectivity index (χ1) is 23.6. The molecule has 0 radical (unpaired) electrons. The SMILES string of the molecule is COc1c2cccc1c1cccc(c1OC)c1cccc(c1OC)c1cccc(c1OC)c1cccc(c1OC)c1cccc2c1OC. The maximum atomic E-state index is 6.21. The highest BCUT2D eigenvalue weighted by atomic mass is 16.5. The van der Waals surface area contributed by atoms with E-state index in [1.165, 1.54) is 0 Å². The molecule has 0 unspecified atom stereocenters. The van der Waals surface area contributed by atoms with Crippen LogP contribution >= 0.6 is 0 Å². The molecule has 0 aliphatic heterocycles. The fraction of sp³-hybridized carbons (Fsp3) is 0.143. The topological polar surface area (TPSA) is 55.4 Å². The predicted molar refractivity (Wildman–Crippen MR) is 197 cm³/mol. The molecule has 0 atom stereocenters. The molecule has 7 rings (SSSR count). The van der Waals surface area contributed by atoms with Crippen molar-refractivity contribution in [3.8, 4) is 34.5 Å². The summed E-state index contributed by atoms with van der Waals surface area (Å²) in [5.74, 6) is 4.20. The van der Waals surface area contributed by atoms with Gasteiger partial charge >= 0.3 is 0 Å². The summed E-state index contributed by atoms with van der Waals surface area (Å²) >= 11 is 0. The normalized spacial score (nSPS) is 11.1. The molecular weight excluding hydrogens is 600 g/mol. The first-order valence-corrected chi connectivity index (χ1v) is 15.6. The lowest BCUT2D eigenvalue weighted by atomic mass is 9.99. The Morgan fingerprint density at radius 1 is 0.208 bits per heavy atom. The van der Waals surface area contributed by atoms with E-state index >= 15 is 0 Å². The van der Waals surface area contributed by atoms with Crippen LogP contribution in [-0.4, -0.2) is 42.7 Å². The quantitative estimate of drug-likeness (QED) is 0.181. The van der Waals surface area contributed by atoms with Gasteiger partial charge in [-0.2, -0.15) is 0 Å². The molecule has 0 heterocycles. The highest BCUT2D eigenvalue weighted by Gasteiger charge is 2.17. The van der Waals surface area contributed by atoms with Gasteiger partial charge in [0.15, 0.2) is 0 Å². The van der Waals surface area contributed by atoms with Crippen molar-refractivity contribution >= 4 is 64.6 Å². The average Bonchev–Trinajstić information content (AvgIpc) is 3.15. The van der Waals surface area contributed by atoms with E-state index in [1.807, 2.05) is 36.4 Å². The Bertz CT molecular complexity index is 1890. The number of methoxy groups -OCH3 is 6. The van der Waals surface area contributed by atoms with Gasteiger partial charge in [0, 0.05) is 64.6 Å². The van der Waals surface area contributed by atoms with E-state index in [2.05, 4.69) is 72.8 Å². The largest absolute Gasteiger partial charge is 0.495 e. The predicted octanol–water partition coefficient (Wildman–Crippen LogP) is 10.3. The summed E-state index contributed by atoms with van der Waals surface area (Å²) in [7, 11) is 10.2. The molecule has 12 bridgehead atoms. The van der Waals surface area contributed by atoms with Crippen LogP contribution in [-0.2, 0) is 0 Å². The molecule has 6 nitrogen and oxygen atoms in total. The lowest BCUT2D eigenvalue weighted by Crippen LogP contribution is -1.93. The van der Waals surface area contributed by atoms with E-state index in [4.69, 9.17) is 28.4 Å². The molecule has 6 heteroatoms. The molecule has 7 aromatic carbocycles. The van der Waals surface area contributed by atoms with E-state index < -0.39 is 0 Å². The van der Waals surface area contributed by atoms with Crippen molar-refractivity contribution in [1.29, 1.82) is 0 Å². The van der Waals surface area contributed by atoms with Gasteiger partial charge in [0.2, 0.25) is 0 Å². The molecule has 0 N–H and O–H groups in total. The van der Waals surface area contributed by atoms with Crippen molar-refractivity contribution in [2.75, 3.05) is 42.7 Å². The third kappa shape index (κ3) is 4.71.